The second-order valence-electron chi connectivity index (χ2n) is 3.89. The van der Waals surface area contributed by atoms with Gasteiger partial charge < -0.3 is 15.2 Å². The summed E-state index contributed by atoms with van der Waals surface area (Å²) in [5.41, 5.74) is 0.655. The first-order valence-electron chi connectivity index (χ1n) is 5.51. The number of hydrazine groups is 1. The maximum atomic E-state index is 11.9. The van der Waals surface area contributed by atoms with Gasteiger partial charge in [-0.25, -0.2) is 9.80 Å². The number of para-hydroxylation sites is 1. The molecule has 7 heteroatoms. The normalized spacial score (nSPS) is 9.63. The van der Waals surface area contributed by atoms with Crippen molar-refractivity contribution in [3.63, 3.8) is 0 Å². The minimum Gasteiger partial charge on any atom is -0.550 e. The van der Waals surface area contributed by atoms with Gasteiger partial charge in [0.15, 0.2) is 0 Å². The van der Waals surface area contributed by atoms with Crippen molar-refractivity contribution in [2.45, 2.75) is 6.42 Å². The van der Waals surface area contributed by atoms with E-state index >= 15 is 0 Å². The van der Waals surface area contributed by atoms with E-state index in [1.807, 2.05) is 6.07 Å². The molecule has 0 atom stereocenters. The van der Waals surface area contributed by atoms with Gasteiger partial charge in [-0.2, -0.15) is 0 Å². The van der Waals surface area contributed by atoms with Gasteiger partial charge in [-0.3, -0.25) is 5.01 Å². The summed E-state index contributed by atoms with van der Waals surface area (Å²) in [4.78, 5) is 22.3. The minimum atomic E-state index is -1.19. The zero-order valence-electron chi connectivity index (χ0n) is 11.4. The molecule has 1 aromatic carbocycles. The average molecular weight is 289 g/mol. The number of carbonyl (C=O) groups excluding carboxylic acids is 2. The van der Waals surface area contributed by atoms with Crippen molar-refractivity contribution in [2.75, 3.05) is 26.0 Å². The van der Waals surface area contributed by atoms with Gasteiger partial charge >= 0.3 is 57.4 Å². The van der Waals surface area contributed by atoms with Gasteiger partial charge in [-0.15, -0.1) is 0 Å². The van der Waals surface area contributed by atoms with Crippen molar-refractivity contribution in [3.05, 3.63) is 30.3 Å². The number of nitrogens with zero attached hydrogens (tertiary/aromatic N) is 2. The monoisotopic (exact) mass is 289 g/mol. The summed E-state index contributed by atoms with van der Waals surface area (Å²) in [6.07, 6.45) is -0.208. The van der Waals surface area contributed by atoms with Crippen LogP contribution in [0, 0.1) is 0 Å². The van der Waals surface area contributed by atoms with Gasteiger partial charge in [-0.1, -0.05) is 18.2 Å². The molecule has 0 unspecified atom stereocenters. The molecule has 0 heterocycles. The van der Waals surface area contributed by atoms with Crippen LogP contribution in [-0.2, 0) is 4.79 Å². The standard InChI is InChI=1S/C12H17N3O3.K/c1-14(2)15(9-8-11(16)17)12(18)13-10-6-4-3-5-7-10;/h3-7H,8-9H2,1-2H3,(H,13,18)(H,16,17);/q;+1/p-1. The van der Waals surface area contributed by atoms with Crippen LogP contribution >= 0.6 is 0 Å². The predicted octanol–water partition coefficient (Wildman–Crippen LogP) is -2.86. The van der Waals surface area contributed by atoms with Crippen LogP contribution in [0.4, 0.5) is 10.5 Å². The third kappa shape index (κ3) is 7.05. The van der Waals surface area contributed by atoms with E-state index in [4.69, 9.17) is 0 Å². The third-order valence-corrected chi connectivity index (χ3v) is 2.27. The molecule has 0 saturated carbocycles. The van der Waals surface area contributed by atoms with Crippen LogP contribution in [-0.4, -0.2) is 42.7 Å². The summed E-state index contributed by atoms with van der Waals surface area (Å²) < 4.78 is 0. The van der Waals surface area contributed by atoms with E-state index in [0.717, 1.165) is 0 Å². The first-order chi connectivity index (χ1) is 8.50. The minimum absolute atomic E-state index is 0. The number of benzene rings is 1. The van der Waals surface area contributed by atoms with Crippen LogP contribution in [0.15, 0.2) is 30.3 Å². The van der Waals surface area contributed by atoms with Crippen molar-refractivity contribution >= 4 is 17.7 Å². The molecule has 0 aliphatic carbocycles. The van der Waals surface area contributed by atoms with Crippen molar-refractivity contribution in [1.29, 1.82) is 0 Å². The molecule has 1 N–H and O–H groups in total. The fourth-order valence-electron chi connectivity index (χ4n) is 1.39. The summed E-state index contributed by atoms with van der Waals surface area (Å²) >= 11 is 0. The Labute approximate surface area is 155 Å². The number of carboxylic acid groups (broad SMARTS) is 1. The second kappa shape index (κ2) is 9.46. The van der Waals surface area contributed by atoms with Gasteiger partial charge in [0.25, 0.3) is 0 Å². The van der Waals surface area contributed by atoms with E-state index in [0.29, 0.717) is 5.69 Å². The molecule has 0 radical (unpaired) electrons. The average Bonchev–Trinajstić information content (AvgIpc) is 2.29. The van der Waals surface area contributed by atoms with Crippen molar-refractivity contribution in [1.82, 2.24) is 10.0 Å². The van der Waals surface area contributed by atoms with E-state index in [-0.39, 0.29) is 70.4 Å². The number of anilines is 1. The molecule has 0 bridgehead atoms. The Morgan fingerprint density at radius 1 is 1.21 bits per heavy atom. The number of hydrogen-bond donors (Lipinski definition) is 1. The van der Waals surface area contributed by atoms with Crippen LogP contribution in [0.3, 0.4) is 0 Å². The molecule has 0 aliphatic rings. The van der Waals surface area contributed by atoms with Gasteiger partial charge in [0, 0.05) is 38.7 Å². The number of carboxylic acids is 1. The SMILES string of the molecule is CN(C)N(CCC(=O)[O-])C(=O)Nc1ccccc1.[K+]. The molecule has 98 valence electrons. The van der Waals surface area contributed by atoms with Crippen molar-refractivity contribution < 1.29 is 66.1 Å². The summed E-state index contributed by atoms with van der Waals surface area (Å²) in [5, 5.41) is 15.9. The maximum Gasteiger partial charge on any atom is 1.00 e. The molecule has 6 nitrogen and oxygen atoms in total. The Hall–Kier alpha value is -0.444. The Balaban J connectivity index is 0.00000324. The quantitative estimate of drug-likeness (QED) is 0.467. The number of rotatable bonds is 5. The molecule has 1 aromatic rings. The van der Waals surface area contributed by atoms with Crippen LogP contribution < -0.4 is 61.8 Å². The smallest absolute Gasteiger partial charge is 0.550 e. The second-order valence-corrected chi connectivity index (χ2v) is 3.89. The van der Waals surface area contributed by atoms with Crippen LogP contribution in [0.2, 0.25) is 0 Å². The molecular formula is C12H16KN3O3. The molecule has 0 spiro atoms. The van der Waals surface area contributed by atoms with E-state index in [1.54, 1.807) is 38.4 Å². The van der Waals surface area contributed by atoms with Gasteiger partial charge in [-0.05, 0) is 12.1 Å². The Kier molecular flexibility index (Phi) is 9.24. The van der Waals surface area contributed by atoms with Gasteiger partial charge in [0.1, 0.15) is 0 Å². The summed E-state index contributed by atoms with van der Waals surface area (Å²) in [6, 6.07) is 8.57. The van der Waals surface area contributed by atoms with Crippen LogP contribution in [0.1, 0.15) is 6.42 Å². The fourth-order valence-corrected chi connectivity index (χ4v) is 1.39. The molecule has 19 heavy (non-hydrogen) atoms. The first kappa shape index (κ1) is 18.6. The number of amides is 2. The number of carbonyl (C=O) groups is 2. The third-order valence-electron chi connectivity index (χ3n) is 2.27. The molecule has 0 aliphatic heterocycles. The zero-order valence-corrected chi connectivity index (χ0v) is 14.5. The summed E-state index contributed by atoms with van der Waals surface area (Å²) in [7, 11) is 3.33. The Morgan fingerprint density at radius 2 is 1.79 bits per heavy atom. The molecular weight excluding hydrogens is 273 g/mol. The van der Waals surface area contributed by atoms with E-state index < -0.39 is 5.97 Å². The molecule has 0 saturated heterocycles. The van der Waals surface area contributed by atoms with E-state index in [2.05, 4.69) is 5.32 Å². The molecule has 0 fully saturated rings. The maximum absolute atomic E-state index is 11.9. The van der Waals surface area contributed by atoms with Crippen molar-refractivity contribution in [2.24, 2.45) is 0 Å². The van der Waals surface area contributed by atoms with Crippen LogP contribution in [0.5, 0.6) is 0 Å². The predicted molar refractivity (Wildman–Crippen MR) is 65.5 cm³/mol. The first-order valence-corrected chi connectivity index (χ1v) is 5.51. The van der Waals surface area contributed by atoms with Crippen LogP contribution in [0.25, 0.3) is 0 Å². The Bertz CT molecular complexity index is 412. The van der Waals surface area contributed by atoms with Gasteiger partial charge in [0.2, 0.25) is 0 Å². The van der Waals surface area contributed by atoms with Gasteiger partial charge in [0.05, 0.1) is 0 Å². The zero-order chi connectivity index (χ0) is 13.5. The fraction of sp³-hybridized carbons (Fsp3) is 0.333. The molecule has 1 rings (SSSR count). The molecule has 0 aromatic heterocycles. The topological polar surface area (TPSA) is 75.7 Å². The molecule has 2 amide bonds. The van der Waals surface area contributed by atoms with Crippen molar-refractivity contribution in [3.8, 4) is 0 Å². The largest absolute Gasteiger partial charge is 1.00 e. The summed E-state index contributed by atoms with van der Waals surface area (Å²) in [5.74, 6) is -1.19. The van der Waals surface area contributed by atoms with E-state index in [1.165, 1.54) is 10.0 Å². The van der Waals surface area contributed by atoms with E-state index in [9.17, 15) is 14.7 Å². The Morgan fingerprint density at radius 3 is 2.26 bits per heavy atom. The number of nitrogens with one attached hydrogen (secondary N) is 1. The summed E-state index contributed by atoms with van der Waals surface area (Å²) in [6.45, 7) is 0.0635. The number of urea groups is 1. The number of aliphatic carboxylic acids is 1. The number of hydrogen-bond acceptors (Lipinski definition) is 4.